The maximum atomic E-state index is 12.7. The first kappa shape index (κ1) is 11.9. The second-order valence-corrected chi connectivity index (χ2v) is 3.43. The SMILES string of the molecule is CN(C)CCOc1ncc(F)cc1CO. The van der Waals surface area contributed by atoms with Gasteiger partial charge in [-0.2, -0.15) is 0 Å². The van der Waals surface area contributed by atoms with Gasteiger partial charge in [0.1, 0.15) is 12.4 Å². The Balaban J connectivity index is 2.60. The number of halogens is 1. The zero-order valence-electron chi connectivity index (χ0n) is 8.90. The van der Waals surface area contributed by atoms with E-state index < -0.39 is 5.82 Å². The zero-order chi connectivity index (χ0) is 11.3. The number of aliphatic hydroxyl groups is 1. The van der Waals surface area contributed by atoms with E-state index >= 15 is 0 Å². The third-order valence-electron chi connectivity index (χ3n) is 1.84. The molecule has 1 aromatic rings. The van der Waals surface area contributed by atoms with E-state index in [1.165, 1.54) is 6.07 Å². The monoisotopic (exact) mass is 214 g/mol. The minimum absolute atomic E-state index is 0.276. The predicted molar refractivity (Wildman–Crippen MR) is 54.2 cm³/mol. The first-order chi connectivity index (χ1) is 7.13. The Hall–Kier alpha value is -1.20. The Morgan fingerprint density at radius 2 is 2.27 bits per heavy atom. The number of pyridine rings is 1. The van der Waals surface area contributed by atoms with E-state index in [9.17, 15) is 4.39 Å². The van der Waals surface area contributed by atoms with Crippen LogP contribution in [0, 0.1) is 5.82 Å². The minimum atomic E-state index is -0.473. The molecule has 0 spiro atoms. The molecule has 0 unspecified atom stereocenters. The van der Waals surface area contributed by atoms with Crippen molar-refractivity contribution in [3.05, 3.63) is 23.6 Å². The van der Waals surface area contributed by atoms with Crippen molar-refractivity contribution < 1.29 is 14.2 Å². The molecule has 5 heteroatoms. The highest BCUT2D eigenvalue weighted by atomic mass is 19.1. The molecule has 1 aromatic heterocycles. The first-order valence-electron chi connectivity index (χ1n) is 4.66. The fourth-order valence-corrected chi connectivity index (χ4v) is 1.04. The van der Waals surface area contributed by atoms with Gasteiger partial charge in [-0.05, 0) is 20.2 Å². The number of aliphatic hydroxyl groups excluding tert-OH is 1. The number of likely N-dealkylation sites (N-methyl/N-ethyl adjacent to an activating group) is 1. The molecule has 0 radical (unpaired) electrons. The number of aromatic nitrogens is 1. The molecule has 0 aliphatic heterocycles. The molecule has 0 amide bonds. The molecule has 1 heterocycles. The number of nitrogens with zero attached hydrogens (tertiary/aromatic N) is 2. The van der Waals surface area contributed by atoms with Crippen LogP contribution < -0.4 is 4.74 Å². The van der Waals surface area contributed by atoms with Crippen molar-refractivity contribution in [3.63, 3.8) is 0 Å². The lowest BCUT2D eigenvalue weighted by Gasteiger charge is -2.12. The van der Waals surface area contributed by atoms with Crippen LogP contribution in [-0.2, 0) is 6.61 Å². The van der Waals surface area contributed by atoms with Gasteiger partial charge in [-0.3, -0.25) is 0 Å². The van der Waals surface area contributed by atoms with Crippen LogP contribution in [0.15, 0.2) is 12.3 Å². The van der Waals surface area contributed by atoms with Crippen molar-refractivity contribution in [2.45, 2.75) is 6.61 Å². The lowest BCUT2D eigenvalue weighted by molar-refractivity contribution is 0.235. The summed E-state index contributed by atoms with van der Waals surface area (Å²) in [6, 6.07) is 1.22. The maximum absolute atomic E-state index is 12.7. The summed E-state index contributed by atoms with van der Waals surface area (Å²) in [7, 11) is 3.85. The van der Waals surface area contributed by atoms with Crippen LogP contribution in [-0.4, -0.2) is 42.2 Å². The lowest BCUT2D eigenvalue weighted by Crippen LogP contribution is -2.20. The van der Waals surface area contributed by atoms with Crippen LogP contribution in [0.3, 0.4) is 0 Å². The van der Waals surface area contributed by atoms with Crippen LogP contribution in [0.25, 0.3) is 0 Å². The van der Waals surface area contributed by atoms with Crippen molar-refractivity contribution >= 4 is 0 Å². The fraction of sp³-hybridized carbons (Fsp3) is 0.500. The molecule has 84 valence electrons. The van der Waals surface area contributed by atoms with Crippen molar-refractivity contribution in [2.75, 3.05) is 27.2 Å². The topological polar surface area (TPSA) is 45.6 Å². The highest BCUT2D eigenvalue weighted by Crippen LogP contribution is 2.15. The predicted octanol–water partition coefficient (Wildman–Crippen LogP) is 0.653. The summed E-state index contributed by atoms with van der Waals surface area (Å²) in [4.78, 5) is 5.73. The quantitative estimate of drug-likeness (QED) is 0.781. The normalized spacial score (nSPS) is 10.7. The molecule has 0 fully saturated rings. The number of hydrogen-bond donors (Lipinski definition) is 1. The largest absolute Gasteiger partial charge is 0.476 e. The minimum Gasteiger partial charge on any atom is -0.476 e. The van der Waals surface area contributed by atoms with E-state index in [0.717, 1.165) is 12.7 Å². The molecule has 0 saturated heterocycles. The van der Waals surface area contributed by atoms with Gasteiger partial charge in [0.05, 0.1) is 12.8 Å². The van der Waals surface area contributed by atoms with Gasteiger partial charge < -0.3 is 14.7 Å². The van der Waals surface area contributed by atoms with Gasteiger partial charge >= 0.3 is 0 Å². The molecule has 0 saturated carbocycles. The number of rotatable bonds is 5. The van der Waals surface area contributed by atoms with E-state index in [0.29, 0.717) is 18.1 Å². The molecule has 0 bridgehead atoms. The Kier molecular flexibility index (Phi) is 4.45. The fourth-order valence-electron chi connectivity index (χ4n) is 1.04. The summed E-state index contributed by atoms with van der Waals surface area (Å²) in [5.74, 6) is -0.181. The average Bonchev–Trinajstić information content (AvgIpc) is 2.19. The summed E-state index contributed by atoms with van der Waals surface area (Å²) in [6.45, 7) is 0.921. The van der Waals surface area contributed by atoms with Gasteiger partial charge in [-0.15, -0.1) is 0 Å². The molecular formula is C10H15FN2O2. The molecule has 1 rings (SSSR count). The van der Waals surface area contributed by atoms with Crippen molar-refractivity contribution in [1.29, 1.82) is 0 Å². The van der Waals surface area contributed by atoms with Crippen LogP contribution >= 0.6 is 0 Å². The molecule has 15 heavy (non-hydrogen) atoms. The Morgan fingerprint density at radius 1 is 1.53 bits per heavy atom. The summed E-state index contributed by atoms with van der Waals surface area (Å²) in [5, 5.41) is 8.95. The van der Waals surface area contributed by atoms with Gasteiger partial charge in [0.25, 0.3) is 0 Å². The van der Waals surface area contributed by atoms with Crippen LogP contribution in [0.4, 0.5) is 4.39 Å². The van der Waals surface area contributed by atoms with Crippen molar-refractivity contribution in [3.8, 4) is 5.88 Å². The van der Waals surface area contributed by atoms with E-state index in [1.54, 1.807) is 0 Å². The van der Waals surface area contributed by atoms with Crippen LogP contribution in [0.2, 0.25) is 0 Å². The summed E-state index contributed by atoms with van der Waals surface area (Å²) in [5.41, 5.74) is 0.369. The summed E-state index contributed by atoms with van der Waals surface area (Å²) in [6.07, 6.45) is 1.07. The molecule has 0 aliphatic rings. The second kappa shape index (κ2) is 5.63. The Morgan fingerprint density at radius 3 is 2.87 bits per heavy atom. The average molecular weight is 214 g/mol. The highest BCUT2D eigenvalue weighted by molar-refractivity contribution is 5.25. The number of ether oxygens (including phenoxy) is 1. The lowest BCUT2D eigenvalue weighted by atomic mass is 10.3. The third-order valence-corrected chi connectivity index (χ3v) is 1.84. The van der Waals surface area contributed by atoms with E-state index in [4.69, 9.17) is 9.84 Å². The van der Waals surface area contributed by atoms with E-state index in [-0.39, 0.29) is 6.61 Å². The molecule has 1 N–H and O–H groups in total. The molecular weight excluding hydrogens is 199 g/mol. The van der Waals surface area contributed by atoms with Gasteiger partial charge in [0, 0.05) is 12.1 Å². The van der Waals surface area contributed by atoms with Gasteiger partial charge in [0.15, 0.2) is 0 Å². The summed E-state index contributed by atoms with van der Waals surface area (Å²) < 4.78 is 18.1. The number of hydrogen-bond acceptors (Lipinski definition) is 4. The molecule has 0 atom stereocenters. The smallest absolute Gasteiger partial charge is 0.219 e. The third kappa shape index (κ3) is 3.81. The molecule has 4 nitrogen and oxygen atoms in total. The van der Waals surface area contributed by atoms with E-state index in [1.807, 2.05) is 19.0 Å². The highest BCUT2D eigenvalue weighted by Gasteiger charge is 2.06. The standard InChI is InChI=1S/C10H15FN2O2/c1-13(2)3-4-15-10-8(7-14)5-9(11)6-12-10/h5-6,14H,3-4,7H2,1-2H3. The second-order valence-electron chi connectivity index (χ2n) is 3.43. The summed E-state index contributed by atoms with van der Waals surface area (Å²) >= 11 is 0. The van der Waals surface area contributed by atoms with Crippen LogP contribution in [0.1, 0.15) is 5.56 Å². The zero-order valence-corrected chi connectivity index (χ0v) is 8.90. The Bertz CT molecular complexity index is 318. The first-order valence-corrected chi connectivity index (χ1v) is 4.66. The maximum Gasteiger partial charge on any atom is 0.219 e. The van der Waals surface area contributed by atoms with Crippen molar-refractivity contribution in [2.24, 2.45) is 0 Å². The molecule has 0 aromatic carbocycles. The Labute approximate surface area is 88.3 Å². The van der Waals surface area contributed by atoms with Crippen molar-refractivity contribution in [1.82, 2.24) is 9.88 Å². The van der Waals surface area contributed by atoms with Crippen LogP contribution in [0.5, 0.6) is 5.88 Å². The van der Waals surface area contributed by atoms with Gasteiger partial charge in [0.2, 0.25) is 5.88 Å². The van der Waals surface area contributed by atoms with Gasteiger partial charge in [-0.25, -0.2) is 9.37 Å². The van der Waals surface area contributed by atoms with E-state index in [2.05, 4.69) is 4.98 Å². The van der Waals surface area contributed by atoms with Gasteiger partial charge in [-0.1, -0.05) is 0 Å². The molecule has 0 aliphatic carbocycles.